The van der Waals surface area contributed by atoms with Crippen molar-refractivity contribution in [2.24, 2.45) is 4.99 Å². The topological polar surface area (TPSA) is 56.7 Å². The number of aromatic nitrogens is 2. The van der Waals surface area contributed by atoms with E-state index >= 15 is 0 Å². The Balaban J connectivity index is 0.00000225. The number of benzene rings is 1. The zero-order chi connectivity index (χ0) is 16.8. The Morgan fingerprint density at radius 3 is 2.36 bits per heavy atom. The third kappa shape index (κ3) is 5.25. The molecule has 0 bridgehead atoms. The molecule has 0 atom stereocenters. The molecule has 1 fully saturated rings. The first-order valence-electron chi connectivity index (χ1n) is 7.98. The molecule has 1 N–H and O–H groups in total. The molecule has 0 amide bonds. The molecule has 0 unspecified atom stereocenters. The van der Waals surface area contributed by atoms with Crippen molar-refractivity contribution in [2.45, 2.75) is 6.54 Å². The number of nitrogens with one attached hydrogen (secondary N) is 1. The lowest BCUT2D eigenvalue weighted by molar-refractivity contribution is 0.370. The predicted octanol–water partition coefficient (Wildman–Crippen LogP) is 2.13. The molecule has 25 heavy (non-hydrogen) atoms. The molecule has 0 aliphatic carbocycles. The number of hydrogen-bond acceptors (Lipinski definition) is 4. The summed E-state index contributed by atoms with van der Waals surface area (Å²) in [6, 6.07) is 8.32. The Bertz CT molecular complexity index is 671. The minimum absolute atomic E-state index is 0. The molecule has 8 heteroatoms. The summed E-state index contributed by atoms with van der Waals surface area (Å²) in [6.07, 6.45) is 3.52. The molecule has 1 aliphatic heterocycles. The van der Waals surface area contributed by atoms with Crippen LogP contribution in [0.4, 0.5) is 10.3 Å². The molecule has 1 aromatic heterocycles. The molecule has 0 spiro atoms. The van der Waals surface area contributed by atoms with E-state index < -0.39 is 0 Å². The van der Waals surface area contributed by atoms with Gasteiger partial charge >= 0.3 is 0 Å². The first-order chi connectivity index (χ1) is 11.8. The number of halogens is 2. The molecule has 6 nitrogen and oxygen atoms in total. The largest absolute Gasteiger partial charge is 0.352 e. The van der Waals surface area contributed by atoms with Crippen molar-refractivity contribution in [1.29, 1.82) is 0 Å². The zero-order valence-corrected chi connectivity index (χ0v) is 16.4. The molecule has 0 radical (unpaired) electrons. The van der Waals surface area contributed by atoms with Gasteiger partial charge in [-0.15, -0.1) is 24.0 Å². The maximum Gasteiger partial charge on any atom is 0.225 e. The van der Waals surface area contributed by atoms with Crippen LogP contribution in [0.1, 0.15) is 5.56 Å². The van der Waals surface area contributed by atoms with Crippen LogP contribution in [0, 0.1) is 5.82 Å². The Labute approximate surface area is 164 Å². The zero-order valence-electron chi connectivity index (χ0n) is 14.1. The minimum atomic E-state index is -0.220. The maximum absolute atomic E-state index is 13.0. The molecule has 1 aliphatic rings. The minimum Gasteiger partial charge on any atom is -0.352 e. The third-order valence-corrected chi connectivity index (χ3v) is 3.99. The van der Waals surface area contributed by atoms with Crippen molar-refractivity contribution in [3.05, 3.63) is 54.1 Å². The van der Waals surface area contributed by atoms with Gasteiger partial charge < -0.3 is 15.1 Å². The summed E-state index contributed by atoms with van der Waals surface area (Å²) < 4.78 is 13.0. The van der Waals surface area contributed by atoms with Gasteiger partial charge in [0.2, 0.25) is 5.95 Å². The monoisotopic (exact) mass is 456 g/mol. The highest BCUT2D eigenvalue weighted by Gasteiger charge is 2.20. The standard InChI is InChI=1S/C17H21FN6.HI/c1-19-16(22-13-14-3-5-15(18)6-4-14)23-9-11-24(12-10-23)17-20-7-2-8-21-17;/h2-8H,9-13H2,1H3,(H,19,22);1H. The lowest BCUT2D eigenvalue weighted by atomic mass is 10.2. The molecule has 1 saturated heterocycles. The molecule has 134 valence electrons. The summed E-state index contributed by atoms with van der Waals surface area (Å²) in [5.74, 6) is 1.40. The Morgan fingerprint density at radius 2 is 1.76 bits per heavy atom. The van der Waals surface area contributed by atoms with Crippen molar-refractivity contribution >= 4 is 35.9 Å². The smallest absolute Gasteiger partial charge is 0.225 e. The van der Waals surface area contributed by atoms with E-state index in [0.29, 0.717) is 6.54 Å². The number of aliphatic imine (C=N–C) groups is 1. The quantitative estimate of drug-likeness (QED) is 0.436. The van der Waals surface area contributed by atoms with Crippen LogP contribution in [-0.4, -0.2) is 54.1 Å². The Kier molecular flexibility index (Phi) is 7.35. The second kappa shape index (κ2) is 9.50. The number of rotatable bonds is 3. The molecule has 1 aromatic carbocycles. The van der Waals surface area contributed by atoms with Gasteiger partial charge in [0, 0.05) is 52.2 Å². The van der Waals surface area contributed by atoms with Gasteiger partial charge in [-0.25, -0.2) is 14.4 Å². The van der Waals surface area contributed by atoms with Crippen molar-refractivity contribution in [3.8, 4) is 0 Å². The number of guanidine groups is 1. The molecule has 2 heterocycles. The lowest BCUT2D eigenvalue weighted by Crippen LogP contribution is -2.52. The van der Waals surface area contributed by atoms with Gasteiger partial charge in [-0.3, -0.25) is 4.99 Å². The molecule has 2 aromatic rings. The van der Waals surface area contributed by atoms with E-state index in [2.05, 4.69) is 30.1 Å². The van der Waals surface area contributed by atoms with E-state index in [1.165, 1.54) is 12.1 Å². The molecular formula is C17H22FIN6. The van der Waals surface area contributed by atoms with Crippen LogP contribution in [0.15, 0.2) is 47.7 Å². The van der Waals surface area contributed by atoms with E-state index in [-0.39, 0.29) is 29.8 Å². The number of anilines is 1. The average molecular weight is 456 g/mol. The van der Waals surface area contributed by atoms with Crippen LogP contribution < -0.4 is 10.2 Å². The summed E-state index contributed by atoms with van der Waals surface area (Å²) in [6.45, 7) is 4.01. The first kappa shape index (κ1) is 19.4. The highest BCUT2D eigenvalue weighted by atomic mass is 127. The first-order valence-corrected chi connectivity index (χ1v) is 7.98. The van der Waals surface area contributed by atoms with E-state index in [9.17, 15) is 4.39 Å². The highest BCUT2D eigenvalue weighted by molar-refractivity contribution is 14.0. The highest BCUT2D eigenvalue weighted by Crippen LogP contribution is 2.10. The summed E-state index contributed by atoms with van der Waals surface area (Å²) in [5.41, 5.74) is 1.02. The molecular weight excluding hydrogens is 434 g/mol. The maximum atomic E-state index is 13.0. The van der Waals surface area contributed by atoms with E-state index in [1.54, 1.807) is 31.6 Å². The van der Waals surface area contributed by atoms with Gasteiger partial charge in [-0.1, -0.05) is 12.1 Å². The van der Waals surface area contributed by atoms with E-state index in [0.717, 1.165) is 43.7 Å². The van der Waals surface area contributed by atoms with Gasteiger partial charge in [-0.05, 0) is 23.8 Å². The van der Waals surface area contributed by atoms with E-state index in [4.69, 9.17) is 0 Å². The van der Waals surface area contributed by atoms with Gasteiger partial charge in [0.1, 0.15) is 5.82 Å². The second-order valence-corrected chi connectivity index (χ2v) is 5.55. The number of hydrogen-bond donors (Lipinski definition) is 1. The van der Waals surface area contributed by atoms with Crippen LogP contribution in [0.3, 0.4) is 0 Å². The van der Waals surface area contributed by atoms with Crippen molar-refractivity contribution in [2.75, 3.05) is 38.1 Å². The fraction of sp³-hybridized carbons (Fsp3) is 0.353. The number of nitrogens with zero attached hydrogens (tertiary/aromatic N) is 5. The van der Waals surface area contributed by atoms with Crippen LogP contribution in [0.25, 0.3) is 0 Å². The predicted molar refractivity (Wildman–Crippen MR) is 108 cm³/mol. The fourth-order valence-corrected chi connectivity index (χ4v) is 2.69. The van der Waals surface area contributed by atoms with Crippen molar-refractivity contribution in [1.82, 2.24) is 20.2 Å². The molecule has 3 rings (SSSR count). The number of piperazine rings is 1. The summed E-state index contributed by atoms with van der Waals surface area (Å²) in [5, 5.41) is 3.33. The lowest BCUT2D eigenvalue weighted by Gasteiger charge is -2.36. The van der Waals surface area contributed by atoms with Crippen LogP contribution in [0.2, 0.25) is 0 Å². The Morgan fingerprint density at radius 1 is 1.12 bits per heavy atom. The average Bonchev–Trinajstić information content (AvgIpc) is 2.65. The normalized spacial score (nSPS) is 14.9. The fourth-order valence-electron chi connectivity index (χ4n) is 2.69. The van der Waals surface area contributed by atoms with Crippen LogP contribution >= 0.6 is 24.0 Å². The van der Waals surface area contributed by atoms with Gasteiger partial charge in [0.15, 0.2) is 5.96 Å². The molecule has 0 saturated carbocycles. The van der Waals surface area contributed by atoms with E-state index in [1.807, 2.05) is 6.07 Å². The van der Waals surface area contributed by atoms with Gasteiger partial charge in [-0.2, -0.15) is 0 Å². The van der Waals surface area contributed by atoms with Crippen LogP contribution in [-0.2, 0) is 6.54 Å². The third-order valence-electron chi connectivity index (χ3n) is 3.99. The van der Waals surface area contributed by atoms with Gasteiger partial charge in [0.05, 0.1) is 0 Å². The SMILES string of the molecule is CN=C(NCc1ccc(F)cc1)N1CCN(c2ncccn2)CC1.I. The second-order valence-electron chi connectivity index (χ2n) is 5.55. The summed E-state index contributed by atoms with van der Waals surface area (Å²) in [7, 11) is 1.78. The van der Waals surface area contributed by atoms with Gasteiger partial charge in [0.25, 0.3) is 0 Å². The summed E-state index contributed by atoms with van der Waals surface area (Å²) in [4.78, 5) is 17.3. The van der Waals surface area contributed by atoms with Crippen molar-refractivity contribution < 1.29 is 4.39 Å². The Hall–Kier alpha value is -1.97. The van der Waals surface area contributed by atoms with Crippen LogP contribution in [0.5, 0.6) is 0 Å². The van der Waals surface area contributed by atoms with Crippen molar-refractivity contribution in [3.63, 3.8) is 0 Å². The summed E-state index contributed by atoms with van der Waals surface area (Å²) >= 11 is 0.